The minimum Gasteiger partial charge on any atom is -0.508 e. The largest absolute Gasteiger partial charge is 0.508 e. The van der Waals surface area contributed by atoms with Gasteiger partial charge >= 0.3 is 18.9 Å². The minimum absolute atomic E-state index is 0.0268. The zero-order valence-corrected chi connectivity index (χ0v) is 34.8. The van der Waals surface area contributed by atoms with E-state index in [9.17, 15) is 39.4 Å². The van der Waals surface area contributed by atoms with Crippen LogP contribution >= 0.6 is 0 Å². The molecule has 2 amide bonds. The summed E-state index contributed by atoms with van der Waals surface area (Å²) in [6, 6.07) is 24.8. The summed E-state index contributed by atoms with van der Waals surface area (Å²) in [5.41, 5.74) is 3.10. The number of aromatic hydroxyl groups is 2. The summed E-state index contributed by atoms with van der Waals surface area (Å²) in [6.07, 6.45) is 0.0645. The van der Waals surface area contributed by atoms with Gasteiger partial charge in [0.1, 0.15) is 17.2 Å². The molecule has 1 saturated heterocycles. The number of ether oxygens (including phenoxy) is 1. The lowest BCUT2D eigenvalue weighted by Gasteiger charge is -2.34. The van der Waals surface area contributed by atoms with Crippen molar-refractivity contribution in [2.45, 2.75) is 71.3 Å². The van der Waals surface area contributed by atoms with Crippen LogP contribution in [0.4, 0.5) is 4.79 Å². The lowest BCUT2D eigenvalue weighted by atomic mass is 9.66. The zero-order valence-electron chi connectivity index (χ0n) is 34.8. The van der Waals surface area contributed by atoms with Crippen molar-refractivity contribution in [3.8, 4) is 34.3 Å². The van der Waals surface area contributed by atoms with Gasteiger partial charge in [-0.25, -0.2) is 19.3 Å². The number of phenols is 2. The molecule has 16 heteroatoms. The van der Waals surface area contributed by atoms with Crippen LogP contribution in [-0.4, -0.2) is 102 Å². The molecule has 0 spiro atoms. The number of carbonyl (C=O) groups is 3. The number of amides is 2. The van der Waals surface area contributed by atoms with Crippen molar-refractivity contribution in [3.05, 3.63) is 124 Å². The van der Waals surface area contributed by atoms with Crippen molar-refractivity contribution in [1.82, 2.24) is 29.9 Å². The average molecular weight is 833 g/mol. The zero-order chi connectivity index (χ0) is 43.8. The van der Waals surface area contributed by atoms with E-state index in [0.29, 0.717) is 56.0 Å². The summed E-state index contributed by atoms with van der Waals surface area (Å²) in [6.45, 7) is 10.4. The number of Topliss-reactive ketones (excluding diaryl/α,β-unsaturated/α-hetero) is 1. The molecule has 1 aliphatic heterocycles. The smallest absolute Gasteiger partial charge is 0.455 e. The third-order valence-corrected chi connectivity index (χ3v) is 10.9. The standard InChI is InChI=1S/C45H53BN6O9/c1-28(2)22-33(46(59)60)24-41(55)38(23-30-8-6-5-7-9-30)47-43(56)32-12-16-35(17-13-32)61-45(58)51-20-18-50(19-21-51)27-31-10-14-34(15-11-31)52-42(48-49-44(52)57)37-25-36(29(3)4)39(53)26-40(37)54/h5-17,25-26,28-29,33,38,53-54,59-60H,18-24,27H2,1-4H3,(H,47,56)(H,49,57)/t33-,38?/m1/s1. The molecular weight excluding hydrogens is 779 g/mol. The van der Waals surface area contributed by atoms with Gasteiger partial charge in [-0.3, -0.25) is 14.5 Å². The minimum atomic E-state index is -1.66. The average Bonchev–Trinajstić information content (AvgIpc) is 3.61. The van der Waals surface area contributed by atoms with Crippen molar-refractivity contribution >= 4 is 24.9 Å². The number of piperazine rings is 1. The molecule has 0 aliphatic carbocycles. The molecule has 2 heterocycles. The van der Waals surface area contributed by atoms with Crippen molar-refractivity contribution in [3.63, 3.8) is 0 Å². The fraction of sp³-hybridized carbons (Fsp3) is 0.356. The quantitative estimate of drug-likeness (QED) is 0.0706. The third kappa shape index (κ3) is 11.3. The second-order valence-corrected chi connectivity index (χ2v) is 16.3. The number of aromatic amines is 1. The van der Waals surface area contributed by atoms with E-state index in [1.807, 2.05) is 70.2 Å². The Morgan fingerprint density at radius 2 is 1.52 bits per heavy atom. The lowest BCUT2D eigenvalue weighted by molar-refractivity contribution is -0.121. The molecule has 1 aromatic heterocycles. The van der Waals surface area contributed by atoms with Crippen LogP contribution < -0.4 is 15.7 Å². The first-order chi connectivity index (χ1) is 29.2. The van der Waals surface area contributed by atoms with Gasteiger partial charge in [-0.2, -0.15) is 5.10 Å². The highest BCUT2D eigenvalue weighted by Crippen LogP contribution is 2.37. The van der Waals surface area contributed by atoms with Gasteiger partial charge in [0, 0.05) is 56.6 Å². The molecule has 61 heavy (non-hydrogen) atoms. The second kappa shape index (κ2) is 19.9. The Balaban J connectivity index is 1.01. The van der Waals surface area contributed by atoms with Gasteiger partial charge in [0.05, 0.1) is 17.3 Å². The van der Waals surface area contributed by atoms with Gasteiger partial charge in [0.25, 0.3) is 5.91 Å². The maximum absolute atomic E-state index is 13.5. The number of aromatic nitrogens is 3. The van der Waals surface area contributed by atoms with E-state index in [-0.39, 0.29) is 59.1 Å². The Morgan fingerprint density at radius 1 is 0.852 bits per heavy atom. The molecule has 0 bridgehead atoms. The van der Waals surface area contributed by atoms with Crippen LogP contribution in [0.5, 0.6) is 17.2 Å². The molecule has 4 aromatic carbocycles. The molecule has 0 saturated carbocycles. The van der Waals surface area contributed by atoms with Crippen LogP contribution in [0.15, 0.2) is 95.8 Å². The van der Waals surface area contributed by atoms with Gasteiger partial charge in [0.2, 0.25) is 0 Å². The fourth-order valence-electron chi connectivity index (χ4n) is 7.54. The van der Waals surface area contributed by atoms with Gasteiger partial charge in [-0.05, 0) is 83.8 Å². The molecule has 6 rings (SSSR count). The van der Waals surface area contributed by atoms with Crippen LogP contribution in [0.1, 0.15) is 73.5 Å². The Morgan fingerprint density at radius 3 is 2.15 bits per heavy atom. The normalized spacial score (nSPS) is 14.2. The fourth-order valence-corrected chi connectivity index (χ4v) is 7.54. The number of hydrogen-bond donors (Lipinski definition) is 6. The van der Waals surface area contributed by atoms with Crippen LogP contribution in [0.2, 0.25) is 5.82 Å². The number of rotatable bonds is 16. The van der Waals surface area contributed by atoms with E-state index in [0.717, 1.165) is 11.1 Å². The van der Waals surface area contributed by atoms with Crippen molar-refractivity contribution in [1.29, 1.82) is 0 Å². The molecule has 1 fully saturated rings. The maximum Gasteiger partial charge on any atom is 0.455 e. The van der Waals surface area contributed by atoms with Crippen molar-refractivity contribution < 1.29 is 39.4 Å². The number of nitrogens with one attached hydrogen (secondary N) is 2. The number of H-pyrrole nitrogens is 1. The van der Waals surface area contributed by atoms with Gasteiger partial charge in [-0.15, -0.1) is 0 Å². The highest BCUT2D eigenvalue weighted by molar-refractivity contribution is 6.43. The highest BCUT2D eigenvalue weighted by atomic mass is 16.6. The number of benzene rings is 4. The summed E-state index contributed by atoms with van der Waals surface area (Å²) in [7, 11) is -1.66. The molecular formula is C45H53BN6O9. The molecule has 1 aliphatic rings. The van der Waals surface area contributed by atoms with Crippen molar-refractivity contribution in [2.75, 3.05) is 26.2 Å². The topological polar surface area (TPSA) is 211 Å². The predicted molar refractivity (Wildman–Crippen MR) is 231 cm³/mol. The first-order valence-corrected chi connectivity index (χ1v) is 20.5. The molecule has 6 N–H and O–H groups in total. The highest BCUT2D eigenvalue weighted by Gasteiger charge is 2.31. The van der Waals surface area contributed by atoms with Crippen LogP contribution in [0, 0.1) is 5.92 Å². The Kier molecular flexibility index (Phi) is 14.5. The lowest BCUT2D eigenvalue weighted by Crippen LogP contribution is -2.49. The third-order valence-electron chi connectivity index (χ3n) is 10.9. The summed E-state index contributed by atoms with van der Waals surface area (Å²) in [4.78, 5) is 56.6. The van der Waals surface area contributed by atoms with E-state index in [4.69, 9.17) is 4.74 Å². The summed E-state index contributed by atoms with van der Waals surface area (Å²) < 4.78 is 7.01. The predicted octanol–water partition coefficient (Wildman–Crippen LogP) is 5.27. The Hall–Kier alpha value is -6.23. The summed E-state index contributed by atoms with van der Waals surface area (Å²) >= 11 is 0. The SMILES string of the molecule is CC(C)C[C@H](CC(=O)C(Cc1ccccc1)NC(=O)c1ccc(OC(=O)N2CCN(Cc3ccc(-n4c(-c5cc(C(C)C)c(O)cc5O)n[nH]c4=O)cc3)CC2)cc1)B(O)O. The van der Waals surface area contributed by atoms with Crippen LogP contribution in [0.25, 0.3) is 17.1 Å². The van der Waals surface area contributed by atoms with Crippen molar-refractivity contribution in [2.24, 2.45) is 5.92 Å². The van der Waals surface area contributed by atoms with E-state index in [2.05, 4.69) is 20.4 Å². The number of nitrogens with zero attached hydrogens (tertiary/aromatic N) is 4. The van der Waals surface area contributed by atoms with E-state index >= 15 is 0 Å². The van der Waals surface area contributed by atoms with Crippen LogP contribution in [-0.2, 0) is 17.8 Å². The molecule has 5 aromatic rings. The van der Waals surface area contributed by atoms with Gasteiger partial charge in [0.15, 0.2) is 11.6 Å². The second-order valence-electron chi connectivity index (χ2n) is 16.3. The molecule has 1 unspecified atom stereocenters. The summed E-state index contributed by atoms with van der Waals surface area (Å²) in [5.74, 6) is -1.09. The number of ketones is 1. The number of carbonyl (C=O) groups excluding carboxylic acids is 3. The molecule has 15 nitrogen and oxygen atoms in total. The molecule has 2 atom stereocenters. The first-order valence-electron chi connectivity index (χ1n) is 20.5. The Labute approximate surface area is 354 Å². The van der Waals surface area contributed by atoms with Gasteiger partial charge in [-0.1, -0.05) is 70.2 Å². The first kappa shape index (κ1) is 44.3. The van der Waals surface area contributed by atoms with E-state index < -0.39 is 36.7 Å². The van der Waals surface area contributed by atoms with Crippen LogP contribution in [0.3, 0.4) is 0 Å². The molecule has 320 valence electrons. The Bertz CT molecular complexity index is 2340. The van der Waals surface area contributed by atoms with E-state index in [1.54, 1.807) is 23.1 Å². The van der Waals surface area contributed by atoms with Gasteiger partial charge < -0.3 is 35.2 Å². The molecule has 0 radical (unpaired) electrons. The summed E-state index contributed by atoms with van der Waals surface area (Å²) in [5, 5.41) is 50.3. The van der Waals surface area contributed by atoms with E-state index in [1.165, 1.54) is 34.9 Å². The monoisotopic (exact) mass is 832 g/mol. The number of hydrogen-bond acceptors (Lipinski definition) is 11. The number of phenolic OH excluding ortho intramolecular Hbond substituents is 2. The maximum atomic E-state index is 13.5.